The lowest BCUT2D eigenvalue weighted by Crippen LogP contribution is -2.32. The van der Waals surface area contributed by atoms with Crippen molar-refractivity contribution in [2.24, 2.45) is 0 Å². The maximum atomic E-state index is 13.8. The number of nitrogens with zero attached hydrogens (tertiary/aromatic N) is 1. The Morgan fingerprint density at radius 2 is 1.97 bits per heavy atom. The number of sulfonamides is 1. The largest absolute Gasteiger partial charge is 0.331 e. The van der Waals surface area contributed by atoms with Gasteiger partial charge in [-0.3, -0.25) is 9.52 Å². The molecule has 0 radical (unpaired) electrons. The number of carbonyl (C=O) groups excluding carboxylic acids is 1. The van der Waals surface area contributed by atoms with E-state index in [4.69, 9.17) is 0 Å². The SMILES string of the molecule is Cc1ccc(S(=O)(=O)Nc2cccc(C(=O)N(Cc3cccs3)C3CC3)c2)cc1F. The number of nitrogens with one attached hydrogen (secondary N) is 1. The van der Waals surface area contributed by atoms with E-state index in [0.717, 1.165) is 23.8 Å². The summed E-state index contributed by atoms with van der Waals surface area (Å²) >= 11 is 1.60. The Labute approximate surface area is 179 Å². The first-order valence-electron chi connectivity index (χ1n) is 9.56. The smallest absolute Gasteiger partial charge is 0.261 e. The van der Waals surface area contributed by atoms with Crippen LogP contribution in [-0.2, 0) is 16.6 Å². The summed E-state index contributed by atoms with van der Waals surface area (Å²) in [5, 5.41) is 1.98. The van der Waals surface area contributed by atoms with Crippen LogP contribution >= 0.6 is 11.3 Å². The van der Waals surface area contributed by atoms with Gasteiger partial charge < -0.3 is 4.90 Å². The zero-order valence-electron chi connectivity index (χ0n) is 16.3. The summed E-state index contributed by atoms with van der Waals surface area (Å²) in [5.41, 5.74) is 1.04. The van der Waals surface area contributed by atoms with Crippen molar-refractivity contribution >= 4 is 33.0 Å². The Morgan fingerprint density at radius 3 is 2.63 bits per heavy atom. The number of halogens is 1. The van der Waals surface area contributed by atoms with Crippen LogP contribution in [0.1, 0.15) is 33.6 Å². The van der Waals surface area contributed by atoms with Crippen LogP contribution in [0.5, 0.6) is 0 Å². The summed E-state index contributed by atoms with van der Waals surface area (Å²) in [5.74, 6) is -0.719. The Bertz CT molecular complexity index is 1170. The van der Waals surface area contributed by atoms with E-state index in [1.165, 1.54) is 18.2 Å². The normalized spacial score (nSPS) is 13.8. The highest BCUT2D eigenvalue weighted by molar-refractivity contribution is 7.92. The third-order valence-corrected chi connectivity index (χ3v) is 7.21. The minimum Gasteiger partial charge on any atom is -0.331 e. The molecule has 0 atom stereocenters. The number of anilines is 1. The van der Waals surface area contributed by atoms with E-state index in [-0.39, 0.29) is 22.5 Å². The summed E-state index contributed by atoms with van der Waals surface area (Å²) < 4.78 is 41.5. The minimum absolute atomic E-state index is 0.131. The van der Waals surface area contributed by atoms with Gasteiger partial charge in [-0.1, -0.05) is 18.2 Å². The van der Waals surface area contributed by atoms with Gasteiger partial charge in [-0.25, -0.2) is 12.8 Å². The average Bonchev–Trinajstić information content (AvgIpc) is 3.43. The molecule has 1 aromatic heterocycles. The molecule has 4 rings (SSSR count). The summed E-state index contributed by atoms with van der Waals surface area (Å²) in [6, 6.07) is 14.3. The standard InChI is InChI=1S/C22H21FN2O3S2/c1-15-7-10-20(13-21(15)23)30(27,28)24-17-5-2-4-16(12-17)22(26)25(18-8-9-18)14-19-6-3-11-29-19/h2-7,10-13,18,24H,8-9,14H2,1H3. The quantitative estimate of drug-likeness (QED) is 0.569. The number of thiophene rings is 1. The van der Waals surface area contributed by atoms with Crippen molar-refractivity contribution in [1.29, 1.82) is 0 Å². The molecule has 1 amide bonds. The van der Waals surface area contributed by atoms with E-state index in [1.54, 1.807) is 36.5 Å². The summed E-state index contributed by atoms with van der Waals surface area (Å²) in [6.07, 6.45) is 1.95. The number of hydrogen-bond donors (Lipinski definition) is 1. The summed E-state index contributed by atoms with van der Waals surface area (Å²) in [7, 11) is -3.97. The predicted octanol–water partition coefficient (Wildman–Crippen LogP) is 4.80. The molecule has 1 fully saturated rings. The zero-order chi connectivity index (χ0) is 21.3. The molecule has 5 nitrogen and oxygen atoms in total. The highest BCUT2D eigenvalue weighted by Gasteiger charge is 2.33. The van der Waals surface area contributed by atoms with Crippen LogP contribution in [0.2, 0.25) is 0 Å². The number of rotatable bonds is 7. The molecule has 1 saturated carbocycles. The Kier molecular flexibility index (Phi) is 5.62. The van der Waals surface area contributed by atoms with Crippen LogP contribution in [0.4, 0.5) is 10.1 Å². The molecule has 2 aromatic carbocycles. The van der Waals surface area contributed by atoms with Crippen molar-refractivity contribution < 1.29 is 17.6 Å². The molecular weight excluding hydrogens is 423 g/mol. The van der Waals surface area contributed by atoms with Crippen LogP contribution in [0.25, 0.3) is 0 Å². The minimum atomic E-state index is -3.97. The first-order valence-corrected chi connectivity index (χ1v) is 11.9. The average molecular weight is 445 g/mol. The molecule has 1 N–H and O–H groups in total. The van der Waals surface area contributed by atoms with Gasteiger partial charge in [0.05, 0.1) is 11.4 Å². The third-order valence-electron chi connectivity index (χ3n) is 4.97. The van der Waals surface area contributed by atoms with E-state index in [9.17, 15) is 17.6 Å². The van der Waals surface area contributed by atoms with Crippen molar-refractivity contribution in [2.45, 2.75) is 37.2 Å². The highest BCUT2D eigenvalue weighted by atomic mass is 32.2. The van der Waals surface area contributed by atoms with Gasteiger partial charge in [0.2, 0.25) is 0 Å². The lowest BCUT2D eigenvalue weighted by Gasteiger charge is -2.22. The van der Waals surface area contributed by atoms with E-state index < -0.39 is 15.8 Å². The fourth-order valence-electron chi connectivity index (χ4n) is 3.16. The summed E-state index contributed by atoms with van der Waals surface area (Å²) in [4.78, 5) is 15.9. The lowest BCUT2D eigenvalue weighted by molar-refractivity contribution is 0.0731. The molecule has 0 bridgehead atoms. The van der Waals surface area contributed by atoms with Crippen LogP contribution in [-0.4, -0.2) is 25.3 Å². The molecule has 0 unspecified atom stereocenters. The summed E-state index contributed by atoms with van der Waals surface area (Å²) in [6.45, 7) is 2.11. The van der Waals surface area contributed by atoms with Gasteiger partial charge in [0.1, 0.15) is 5.82 Å². The number of aryl methyl sites for hydroxylation is 1. The molecule has 1 heterocycles. The molecular formula is C22H21FN2O3S2. The number of amides is 1. The second-order valence-corrected chi connectivity index (χ2v) is 10.1. The third kappa shape index (κ3) is 4.55. The van der Waals surface area contributed by atoms with Crippen molar-refractivity contribution in [3.8, 4) is 0 Å². The van der Waals surface area contributed by atoms with Gasteiger partial charge in [0.15, 0.2) is 0 Å². The number of hydrogen-bond acceptors (Lipinski definition) is 4. The first kappa shape index (κ1) is 20.6. The predicted molar refractivity (Wildman–Crippen MR) is 116 cm³/mol. The van der Waals surface area contributed by atoms with Crippen LogP contribution in [0, 0.1) is 12.7 Å². The van der Waals surface area contributed by atoms with Gasteiger partial charge in [-0.2, -0.15) is 0 Å². The Hall–Kier alpha value is -2.71. The maximum absolute atomic E-state index is 13.8. The fraction of sp³-hybridized carbons (Fsp3) is 0.227. The molecule has 0 spiro atoms. The van der Waals surface area contributed by atoms with Crippen LogP contribution < -0.4 is 4.72 Å². The second-order valence-electron chi connectivity index (χ2n) is 7.34. The molecule has 30 heavy (non-hydrogen) atoms. The van der Waals surface area contributed by atoms with Crippen molar-refractivity contribution in [3.63, 3.8) is 0 Å². The molecule has 0 aliphatic heterocycles. The first-order chi connectivity index (χ1) is 14.3. The van der Waals surface area contributed by atoms with E-state index >= 15 is 0 Å². The number of benzene rings is 2. The van der Waals surface area contributed by atoms with E-state index in [0.29, 0.717) is 17.7 Å². The zero-order valence-corrected chi connectivity index (χ0v) is 18.0. The van der Waals surface area contributed by atoms with Crippen molar-refractivity contribution in [1.82, 2.24) is 4.90 Å². The van der Waals surface area contributed by atoms with E-state index in [2.05, 4.69) is 4.72 Å². The maximum Gasteiger partial charge on any atom is 0.261 e. The molecule has 156 valence electrons. The van der Waals surface area contributed by atoms with Gasteiger partial charge in [-0.15, -0.1) is 11.3 Å². The van der Waals surface area contributed by atoms with Gasteiger partial charge in [0, 0.05) is 22.2 Å². The molecule has 0 saturated heterocycles. The Balaban J connectivity index is 1.55. The van der Waals surface area contributed by atoms with Gasteiger partial charge >= 0.3 is 0 Å². The van der Waals surface area contributed by atoms with Gasteiger partial charge in [0.25, 0.3) is 15.9 Å². The monoisotopic (exact) mass is 444 g/mol. The van der Waals surface area contributed by atoms with Crippen LogP contribution in [0.3, 0.4) is 0 Å². The molecule has 3 aromatic rings. The topological polar surface area (TPSA) is 66.5 Å². The lowest BCUT2D eigenvalue weighted by atomic mass is 10.1. The van der Waals surface area contributed by atoms with Crippen molar-refractivity contribution in [2.75, 3.05) is 4.72 Å². The second kappa shape index (κ2) is 8.20. The van der Waals surface area contributed by atoms with E-state index in [1.807, 2.05) is 22.4 Å². The number of carbonyl (C=O) groups is 1. The fourth-order valence-corrected chi connectivity index (χ4v) is 4.92. The Morgan fingerprint density at radius 1 is 1.17 bits per heavy atom. The van der Waals surface area contributed by atoms with Gasteiger partial charge in [-0.05, 0) is 67.1 Å². The highest BCUT2D eigenvalue weighted by Crippen LogP contribution is 2.31. The molecule has 8 heteroatoms. The van der Waals surface area contributed by atoms with Crippen molar-refractivity contribution in [3.05, 3.63) is 81.8 Å². The van der Waals surface area contributed by atoms with Crippen LogP contribution in [0.15, 0.2) is 64.9 Å². The molecule has 1 aliphatic carbocycles. The molecule has 1 aliphatic rings.